The Hall–Kier alpha value is -1.14. The summed E-state index contributed by atoms with van der Waals surface area (Å²) in [6.45, 7) is 13.3. The predicted molar refractivity (Wildman–Crippen MR) is 137 cm³/mol. The first-order chi connectivity index (χ1) is 15.9. The third-order valence-electron chi connectivity index (χ3n) is 5.67. The molecule has 1 atom stereocenters. The molecule has 0 aliphatic heterocycles. The topological polar surface area (TPSA) is 76.7 Å². The maximum atomic E-state index is 12.5. The molecule has 0 bridgehead atoms. The fourth-order valence-corrected chi connectivity index (χ4v) is 3.78. The van der Waals surface area contributed by atoms with Crippen LogP contribution in [0.25, 0.3) is 0 Å². The Kier molecular flexibility index (Phi) is 21.9. The van der Waals surface area contributed by atoms with Crippen LogP contribution in [0.3, 0.4) is 0 Å². The minimum Gasteiger partial charge on any atom is -0.379 e. The number of hydrogen-bond donors (Lipinski definition) is 2. The van der Waals surface area contributed by atoms with Crippen LogP contribution < -0.4 is 10.6 Å². The number of hydrogen-bond acceptors (Lipinski definition) is 4. The number of nitrogens with one attached hydrogen (secondary N) is 2. The molecule has 2 amide bonds. The van der Waals surface area contributed by atoms with Crippen LogP contribution in [-0.4, -0.2) is 50.8 Å². The Morgan fingerprint density at radius 3 is 1.88 bits per heavy atom. The van der Waals surface area contributed by atoms with Gasteiger partial charge in [0.15, 0.2) is 0 Å². The van der Waals surface area contributed by atoms with Gasteiger partial charge in [0.2, 0.25) is 11.8 Å². The maximum absolute atomic E-state index is 12.5. The van der Waals surface area contributed by atoms with Gasteiger partial charge in [0.05, 0.1) is 19.8 Å². The van der Waals surface area contributed by atoms with E-state index in [2.05, 4.69) is 38.3 Å². The summed E-state index contributed by atoms with van der Waals surface area (Å²) >= 11 is 0. The van der Waals surface area contributed by atoms with E-state index in [1.165, 1.54) is 51.4 Å². The van der Waals surface area contributed by atoms with Crippen molar-refractivity contribution >= 4 is 11.8 Å². The van der Waals surface area contributed by atoms with Gasteiger partial charge in [0.25, 0.3) is 0 Å². The SMILES string of the molecule is CCOCCOCCNC(=O)C(CC(C)C)NC(=O)CCCCCCCCCCCC(C)C. The van der Waals surface area contributed by atoms with E-state index >= 15 is 0 Å². The molecule has 0 aromatic heterocycles. The second kappa shape index (κ2) is 22.6. The minimum absolute atomic E-state index is 0.0195. The zero-order valence-electron chi connectivity index (χ0n) is 22.4. The van der Waals surface area contributed by atoms with E-state index in [9.17, 15) is 9.59 Å². The molecule has 2 N–H and O–H groups in total. The summed E-state index contributed by atoms with van der Waals surface area (Å²) in [5.74, 6) is 1.01. The number of carbonyl (C=O) groups is 2. The monoisotopic (exact) mass is 470 g/mol. The van der Waals surface area contributed by atoms with Crippen molar-refractivity contribution in [3.63, 3.8) is 0 Å². The molecule has 0 saturated carbocycles. The fourth-order valence-electron chi connectivity index (χ4n) is 3.78. The van der Waals surface area contributed by atoms with Crippen LogP contribution in [0.1, 0.15) is 112 Å². The van der Waals surface area contributed by atoms with E-state index in [4.69, 9.17) is 9.47 Å². The molecule has 33 heavy (non-hydrogen) atoms. The number of rotatable bonds is 23. The number of ether oxygens (including phenoxy) is 2. The van der Waals surface area contributed by atoms with E-state index in [0.29, 0.717) is 51.7 Å². The van der Waals surface area contributed by atoms with Gasteiger partial charge < -0.3 is 20.1 Å². The van der Waals surface area contributed by atoms with Crippen LogP contribution in [-0.2, 0) is 19.1 Å². The van der Waals surface area contributed by atoms with Crippen LogP contribution in [0, 0.1) is 11.8 Å². The summed E-state index contributed by atoms with van der Waals surface area (Å²) in [6.07, 6.45) is 13.6. The van der Waals surface area contributed by atoms with Gasteiger partial charge in [-0.2, -0.15) is 0 Å². The molecule has 0 aromatic carbocycles. The van der Waals surface area contributed by atoms with Crippen molar-refractivity contribution in [2.75, 3.05) is 33.0 Å². The molecular weight excluding hydrogens is 416 g/mol. The van der Waals surface area contributed by atoms with Gasteiger partial charge in [0, 0.05) is 19.6 Å². The average molecular weight is 471 g/mol. The molecule has 0 aliphatic rings. The summed E-state index contributed by atoms with van der Waals surface area (Å²) in [7, 11) is 0. The lowest BCUT2D eigenvalue weighted by molar-refractivity contribution is -0.129. The van der Waals surface area contributed by atoms with E-state index in [1.807, 2.05) is 6.92 Å². The van der Waals surface area contributed by atoms with Crippen molar-refractivity contribution in [3.8, 4) is 0 Å². The fraction of sp³-hybridized carbons (Fsp3) is 0.926. The molecule has 0 heterocycles. The Bertz CT molecular complexity index is 469. The molecule has 1 unspecified atom stereocenters. The van der Waals surface area contributed by atoms with Crippen molar-refractivity contribution in [1.29, 1.82) is 0 Å². The molecule has 0 radical (unpaired) electrons. The van der Waals surface area contributed by atoms with E-state index < -0.39 is 6.04 Å². The number of amides is 2. The van der Waals surface area contributed by atoms with Crippen LogP contribution in [0.4, 0.5) is 0 Å². The summed E-state index contributed by atoms with van der Waals surface area (Å²) < 4.78 is 10.6. The minimum atomic E-state index is -0.475. The molecule has 6 nitrogen and oxygen atoms in total. The number of unbranched alkanes of at least 4 members (excludes halogenated alkanes) is 8. The summed E-state index contributed by atoms with van der Waals surface area (Å²) in [4.78, 5) is 24.9. The third kappa shape index (κ3) is 22.4. The molecule has 0 fully saturated rings. The van der Waals surface area contributed by atoms with Crippen LogP contribution in [0.2, 0.25) is 0 Å². The first-order valence-corrected chi connectivity index (χ1v) is 13.6. The zero-order valence-corrected chi connectivity index (χ0v) is 22.4. The Morgan fingerprint density at radius 1 is 0.727 bits per heavy atom. The van der Waals surface area contributed by atoms with E-state index in [0.717, 1.165) is 18.8 Å². The van der Waals surface area contributed by atoms with E-state index in [-0.39, 0.29) is 11.8 Å². The van der Waals surface area contributed by atoms with Gasteiger partial charge in [-0.3, -0.25) is 9.59 Å². The third-order valence-corrected chi connectivity index (χ3v) is 5.67. The second-order valence-electron chi connectivity index (χ2n) is 9.96. The summed E-state index contributed by atoms with van der Waals surface area (Å²) in [6, 6.07) is -0.475. The van der Waals surface area contributed by atoms with Gasteiger partial charge in [-0.15, -0.1) is 0 Å². The first kappa shape index (κ1) is 31.9. The molecule has 6 heteroatoms. The molecule has 0 rings (SSSR count). The largest absolute Gasteiger partial charge is 0.379 e. The van der Waals surface area contributed by atoms with Gasteiger partial charge in [-0.05, 0) is 31.6 Å². The van der Waals surface area contributed by atoms with Gasteiger partial charge in [-0.25, -0.2) is 0 Å². The van der Waals surface area contributed by atoms with E-state index in [1.54, 1.807) is 0 Å². The Labute approximate surface area is 204 Å². The molecular formula is C27H54N2O4. The highest BCUT2D eigenvalue weighted by molar-refractivity contribution is 5.87. The standard InChI is InChI=1S/C27H54N2O4/c1-6-32-20-21-33-19-18-28-27(31)25(22-24(4)5)29-26(30)17-15-13-11-9-7-8-10-12-14-16-23(2)3/h23-25H,6-22H2,1-5H3,(H,28,31)(H,29,30). The predicted octanol–water partition coefficient (Wildman–Crippen LogP) is 5.63. The summed E-state index contributed by atoms with van der Waals surface area (Å²) in [5, 5.41) is 5.82. The van der Waals surface area contributed by atoms with Gasteiger partial charge in [-0.1, -0.05) is 85.5 Å². The quantitative estimate of drug-likeness (QED) is 0.190. The lowest BCUT2D eigenvalue weighted by Gasteiger charge is -2.20. The first-order valence-electron chi connectivity index (χ1n) is 13.6. The molecule has 0 saturated heterocycles. The lowest BCUT2D eigenvalue weighted by Crippen LogP contribution is -2.48. The smallest absolute Gasteiger partial charge is 0.242 e. The Morgan fingerprint density at radius 2 is 1.30 bits per heavy atom. The van der Waals surface area contributed by atoms with Crippen molar-refractivity contribution in [3.05, 3.63) is 0 Å². The van der Waals surface area contributed by atoms with Gasteiger partial charge >= 0.3 is 0 Å². The van der Waals surface area contributed by atoms with Crippen molar-refractivity contribution in [1.82, 2.24) is 10.6 Å². The Balaban J connectivity index is 3.88. The van der Waals surface area contributed by atoms with Crippen molar-refractivity contribution in [2.45, 2.75) is 118 Å². The molecule has 0 aromatic rings. The summed E-state index contributed by atoms with van der Waals surface area (Å²) in [5.41, 5.74) is 0. The lowest BCUT2D eigenvalue weighted by atomic mass is 10.0. The highest BCUT2D eigenvalue weighted by Crippen LogP contribution is 2.13. The van der Waals surface area contributed by atoms with Crippen LogP contribution in [0.5, 0.6) is 0 Å². The van der Waals surface area contributed by atoms with Gasteiger partial charge in [0.1, 0.15) is 6.04 Å². The van der Waals surface area contributed by atoms with Crippen LogP contribution in [0.15, 0.2) is 0 Å². The van der Waals surface area contributed by atoms with Crippen molar-refractivity contribution in [2.24, 2.45) is 11.8 Å². The molecule has 0 aliphatic carbocycles. The van der Waals surface area contributed by atoms with Crippen LogP contribution >= 0.6 is 0 Å². The maximum Gasteiger partial charge on any atom is 0.242 e. The second-order valence-corrected chi connectivity index (χ2v) is 9.96. The average Bonchev–Trinajstić information content (AvgIpc) is 2.75. The number of carbonyl (C=O) groups excluding carboxylic acids is 2. The highest BCUT2D eigenvalue weighted by atomic mass is 16.5. The molecule has 0 spiro atoms. The zero-order chi connectivity index (χ0) is 24.7. The van der Waals surface area contributed by atoms with Crippen molar-refractivity contribution < 1.29 is 19.1 Å². The molecule has 196 valence electrons. The highest BCUT2D eigenvalue weighted by Gasteiger charge is 2.21. The normalized spacial score (nSPS) is 12.3.